The van der Waals surface area contributed by atoms with Crippen LogP contribution in [-0.2, 0) is 0 Å². The summed E-state index contributed by atoms with van der Waals surface area (Å²) in [6.07, 6.45) is 5.78. The molecule has 0 bridgehead atoms. The molecule has 0 saturated heterocycles. The van der Waals surface area contributed by atoms with Crippen LogP contribution in [0, 0.1) is 5.92 Å². The van der Waals surface area contributed by atoms with Gasteiger partial charge in [-0.2, -0.15) is 0 Å². The summed E-state index contributed by atoms with van der Waals surface area (Å²) in [5, 5.41) is 3.75. The molecular formula is C19H18BrNO. The zero-order valence-corrected chi connectivity index (χ0v) is 14.0. The number of halogens is 1. The Bertz CT molecular complexity index is 740. The highest BCUT2D eigenvalue weighted by molar-refractivity contribution is 9.10. The van der Waals surface area contributed by atoms with Gasteiger partial charge in [-0.1, -0.05) is 58.4 Å². The monoisotopic (exact) mass is 355 g/mol. The summed E-state index contributed by atoms with van der Waals surface area (Å²) in [4.78, 5) is 0. The molecule has 0 aromatic heterocycles. The van der Waals surface area contributed by atoms with E-state index in [4.69, 9.17) is 4.74 Å². The lowest BCUT2D eigenvalue weighted by Crippen LogP contribution is -2.29. The first kappa shape index (κ1) is 13.9. The van der Waals surface area contributed by atoms with E-state index in [0.717, 1.165) is 22.3 Å². The zero-order chi connectivity index (χ0) is 15.1. The van der Waals surface area contributed by atoms with Crippen molar-refractivity contribution in [3.05, 3.63) is 70.2 Å². The highest BCUT2D eigenvalue weighted by Gasteiger charge is 2.39. The Morgan fingerprint density at radius 2 is 1.91 bits per heavy atom. The lowest BCUT2D eigenvalue weighted by atomic mass is 9.77. The Balaban J connectivity index is 1.85. The van der Waals surface area contributed by atoms with E-state index in [1.165, 1.54) is 11.1 Å². The minimum Gasteiger partial charge on any atom is -0.495 e. The van der Waals surface area contributed by atoms with Crippen LogP contribution in [0.15, 0.2) is 59.1 Å². The van der Waals surface area contributed by atoms with Crippen molar-refractivity contribution in [2.24, 2.45) is 5.92 Å². The summed E-state index contributed by atoms with van der Waals surface area (Å²) in [5.74, 6) is 1.94. The predicted molar refractivity (Wildman–Crippen MR) is 93.5 cm³/mol. The van der Waals surface area contributed by atoms with Gasteiger partial charge in [0, 0.05) is 10.4 Å². The minimum absolute atomic E-state index is 0.291. The molecule has 112 valence electrons. The zero-order valence-electron chi connectivity index (χ0n) is 12.4. The number of hydrogen-bond donors (Lipinski definition) is 1. The Morgan fingerprint density at radius 1 is 1.09 bits per heavy atom. The van der Waals surface area contributed by atoms with Crippen molar-refractivity contribution in [1.29, 1.82) is 0 Å². The molecule has 4 rings (SSSR count). The molecule has 0 radical (unpaired) electrons. The molecule has 1 aliphatic heterocycles. The van der Waals surface area contributed by atoms with Gasteiger partial charge in [0.1, 0.15) is 5.75 Å². The molecule has 1 aliphatic carbocycles. The van der Waals surface area contributed by atoms with Crippen LogP contribution >= 0.6 is 15.9 Å². The van der Waals surface area contributed by atoms with Gasteiger partial charge in [-0.15, -0.1) is 0 Å². The van der Waals surface area contributed by atoms with Crippen molar-refractivity contribution < 1.29 is 4.74 Å². The number of anilines is 1. The molecule has 0 unspecified atom stereocenters. The Kier molecular flexibility index (Phi) is 3.45. The number of fused-ring (bicyclic) bond motifs is 3. The van der Waals surface area contributed by atoms with Gasteiger partial charge in [0.05, 0.1) is 18.8 Å². The molecule has 0 amide bonds. The van der Waals surface area contributed by atoms with Crippen LogP contribution in [0.25, 0.3) is 0 Å². The second-order valence-corrected chi connectivity index (χ2v) is 6.78. The van der Waals surface area contributed by atoms with E-state index in [0.29, 0.717) is 17.9 Å². The van der Waals surface area contributed by atoms with Crippen molar-refractivity contribution in [2.75, 3.05) is 12.4 Å². The third-order valence-corrected chi connectivity index (χ3v) is 5.54. The Hall–Kier alpha value is -1.74. The highest BCUT2D eigenvalue weighted by Crippen LogP contribution is 2.52. The smallest absolute Gasteiger partial charge is 0.142 e. The van der Waals surface area contributed by atoms with Crippen LogP contribution in [0.4, 0.5) is 5.69 Å². The van der Waals surface area contributed by atoms with Gasteiger partial charge in [0.25, 0.3) is 0 Å². The fourth-order valence-corrected chi connectivity index (χ4v) is 4.33. The van der Waals surface area contributed by atoms with Gasteiger partial charge in [-0.25, -0.2) is 0 Å². The van der Waals surface area contributed by atoms with Crippen LogP contribution < -0.4 is 10.1 Å². The summed E-state index contributed by atoms with van der Waals surface area (Å²) in [6, 6.07) is 15.1. The van der Waals surface area contributed by atoms with Crippen molar-refractivity contribution in [2.45, 2.75) is 18.4 Å². The highest BCUT2D eigenvalue weighted by atomic mass is 79.9. The first-order valence-electron chi connectivity index (χ1n) is 7.64. The van der Waals surface area contributed by atoms with Crippen LogP contribution in [0.3, 0.4) is 0 Å². The Labute approximate surface area is 139 Å². The largest absolute Gasteiger partial charge is 0.495 e. The number of benzene rings is 2. The van der Waals surface area contributed by atoms with Crippen molar-refractivity contribution in [3.8, 4) is 5.75 Å². The maximum Gasteiger partial charge on any atom is 0.142 e. The van der Waals surface area contributed by atoms with E-state index < -0.39 is 0 Å². The first-order valence-corrected chi connectivity index (χ1v) is 8.43. The standard InChI is InChI=1S/C19H18BrNO/c1-22-17-11-5-9-14-12-7-4-8-13(12)18(21-19(14)17)15-6-2-3-10-16(15)20/h2-7,9-13,18,21H,8H2,1H3/t12-,13-,18+/m1/s1. The average Bonchev–Trinajstić information content (AvgIpc) is 3.04. The molecule has 2 aromatic rings. The van der Waals surface area contributed by atoms with E-state index in [9.17, 15) is 0 Å². The molecule has 1 N–H and O–H groups in total. The number of ether oxygens (including phenoxy) is 1. The summed E-state index contributed by atoms with van der Waals surface area (Å²) in [5.41, 5.74) is 3.80. The molecule has 0 saturated carbocycles. The van der Waals surface area contributed by atoms with E-state index in [-0.39, 0.29) is 0 Å². The molecule has 1 heterocycles. The fraction of sp³-hybridized carbons (Fsp3) is 0.263. The van der Waals surface area contributed by atoms with Gasteiger partial charge in [0.15, 0.2) is 0 Å². The van der Waals surface area contributed by atoms with E-state index in [1.54, 1.807) is 7.11 Å². The lowest BCUT2D eigenvalue weighted by molar-refractivity contribution is 0.397. The van der Waals surface area contributed by atoms with Crippen molar-refractivity contribution in [1.82, 2.24) is 0 Å². The minimum atomic E-state index is 0.291. The molecule has 3 atom stereocenters. The average molecular weight is 356 g/mol. The maximum atomic E-state index is 5.58. The van der Waals surface area contributed by atoms with Crippen LogP contribution in [0.1, 0.15) is 29.5 Å². The molecular weight excluding hydrogens is 338 g/mol. The second-order valence-electron chi connectivity index (χ2n) is 5.92. The number of rotatable bonds is 2. The summed E-state index contributed by atoms with van der Waals surface area (Å²) in [6.45, 7) is 0. The SMILES string of the molecule is COc1cccc2c1N[C@H](c1ccccc1Br)[C@@H]1CC=C[C@@H]21. The first-order chi connectivity index (χ1) is 10.8. The molecule has 2 aliphatic rings. The maximum absolute atomic E-state index is 5.58. The van der Waals surface area contributed by atoms with E-state index >= 15 is 0 Å². The molecule has 2 aromatic carbocycles. The molecule has 0 fully saturated rings. The van der Waals surface area contributed by atoms with E-state index in [1.807, 2.05) is 6.07 Å². The second kappa shape index (κ2) is 5.47. The molecule has 0 spiro atoms. The number of para-hydroxylation sites is 1. The van der Waals surface area contributed by atoms with E-state index in [2.05, 4.69) is 69.8 Å². The molecule has 22 heavy (non-hydrogen) atoms. The normalized spacial score (nSPS) is 25.3. The quantitative estimate of drug-likeness (QED) is 0.739. The third kappa shape index (κ3) is 2.07. The third-order valence-electron chi connectivity index (χ3n) is 4.82. The van der Waals surface area contributed by atoms with Crippen LogP contribution in [0.2, 0.25) is 0 Å². The topological polar surface area (TPSA) is 21.3 Å². The van der Waals surface area contributed by atoms with Crippen LogP contribution in [0.5, 0.6) is 5.75 Å². The van der Waals surface area contributed by atoms with Gasteiger partial charge in [-0.05, 0) is 35.6 Å². The van der Waals surface area contributed by atoms with Gasteiger partial charge in [-0.3, -0.25) is 0 Å². The van der Waals surface area contributed by atoms with Gasteiger partial charge in [0.2, 0.25) is 0 Å². The van der Waals surface area contributed by atoms with Crippen molar-refractivity contribution in [3.63, 3.8) is 0 Å². The van der Waals surface area contributed by atoms with Crippen molar-refractivity contribution >= 4 is 21.6 Å². The summed E-state index contributed by atoms with van der Waals surface area (Å²) in [7, 11) is 1.74. The Morgan fingerprint density at radius 3 is 2.73 bits per heavy atom. The summed E-state index contributed by atoms with van der Waals surface area (Å²) >= 11 is 3.71. The molecule has 2 nitrogen and oxygen atoms in total. The van der Waals surface area contributed by atoms with Gasteiger partial charge >= 0.3 is 0 Å². The number of nitrogens with one attached hydrogen (secondary N) is 1. The molecule has 3 heteroatoms. The number of allylic oxidation sites excluding steroid dienone is 2. The lowest BCUT2D eigenvalue weighted by Gasteiger charge is -2.38. The fourth-order valence-electron chi connectivity index (χ4n) is 3.80. The van der Waals surface area contributed by atoms with Crippen LogP contribution in [-0.4, -0.2) is 7.11 Å². The predicted octanol–water partition coefficient (Wildman–Crippen LogP) is 5.28. The summed E-state index contributed by atoms with van der Waals surface area (Å²) < 4.78 is 6.74. The van der Waals surface area contributed by atoms with Gasteiger partial charge < -0.3 is 10.1 Å². The number of methoxy groups -OCH3 is 1. The number of hydrogen-bond acceptors (Lipinski definition) is 2.